The molecular weight excluding hydrogens is 320 g/mol. The summed E-state index contributed by atoms with van der Waals surface area (Å²) in [6.07, 6.45) is 0. The van der Waals surface area contributed by atoms with Crippen LogP contribution in [0, 0.1) is 6.92 Å². The monoisotopic (exact) mass is 336 g/mol. The van der Waals surface area contributed by atoms with Crippen molar-refractivity contribution in [3.05, 3.63) is 52.9 Å². The van der Waals surface area contributed by atoms with Crippen molar-refractivity contribution in [2.75, 3.05) is 11.9 Å². The van der Waals surface area contributed by atoms with Crippen molar-refractivity contribution in [2.24, 2.45) is 0 Å². The summed E-state index contributed by atoms with van der Waals surface area (Å²) < 4.78 is 5.33. The number of anilines is 1. The van der Waals surface area contributed by atoms with E-state index in [4.69, 9.17) is 16.0 Å². The number of carbonyl (C=O) groups excluding carboxylic acids is 2. The summed E-state index contributed by atoms with van der Waals surface area (Å²) in [5, 5.41) is 15.6. The molecule has 0 bridgehead atoms. The van der Waals surface area contributed by atoms with Gasteiger partial charge in [-0.25, -0.2) is 0 Å². The van der Waals surface area contributed by atoms with Gasteiger partial charge >= 0.3 is 11.8 Å². The Morgan fingerprint density at radius 3 is 2.39 bits per heavy atom. The first kappa shape index (κ1) is 17.1. The van der Waals surface area contributed by atoms with Crippen LogP contribution >= 0.6 is 11.6 Å². The summed E-state index contributed by atoms with van der Waals surface area (Å²) >= 11 is 5.74. The lowest BCUT2D eigenvalue weighted by atomic mass is 10.0. The maximum Gasteiger partial charge on any atom is 0.313 e. The van der Waals surface area contributed by atoms with Crippen LogP contribution in [0.4, 0.5) is 5.69 Å². The van der Waals surface area contributed by atoms with Crippen molar-refractivity contribution in [1.29, 1.82) is 0 Å². The van der Waals surface area contributed by atoms with Gasteiger partial charge in [-0.3, -0.25) is 9.59 Å². The normalized spacial score (nSPS) is 13.2. The molecule has 0 fully saturated rings. The number of benzene rings is 1. The van der Waals surface area contributed by atoms with E-state index in [-0.39, 0.29) is 6.54 Å². The molecular formula is C16H17ClN2O4. The van der Waals surface area contributed by atoms with Gasteiger partial charge in [-0.2, -0.15) is 0 Å². The molecule has 122 valence electrons. The third-order valence-electron chi connectivity index (χ3n) is 3.17. The van der Waals surface area contributed by atoms with Gasteiger partial charge in [-0.15, -0.1) is 0 Å². The van der Waals surface area contributed by atoms with E-state index in [1.807, 2.05) is 0 Å². The van der Waals surface area contributed by atoms with Gasteiger partial charge in [0.25, 0.3) is 0 Å². The number of aliphatic hydroxyl groups is 1. The second-order valence-electron chi connectivity index (χ2n) is 5.33. The van der Waals surface area contributed by atoms with E-state index in [0.29, 0.717) is 22.2 Å². The molecule has 1 aromatic heterocycles. The number of furan rings is 1. The standard InChI is InChI=1S/C16H17ClN2O4/c1-10-3-8-13(23-10)16(2,22)9-18-14(20)15(21)19-12-6-4-11(17)5-7-12/h3-8,22H,9H2,1-2H3,(H,18,20)(H,19,21). The van der Waals surface area contributed by atoms with Gasteiger partial charge in [0, 0.05) is 10.7 Å². The zero-order valence-electron chi connectivity index (χ0n) is 12.7. The van der Waals surface area contributed by atoms with Gasteiger partial charge in [-0.1, -0.05) is 11.6 Å². The molecule has 6 nitrogen and oxygen atoms in total. The van der Waals surface area contributed by atoms with Crippen LogP contribution < -0.4 is 10.6 Å². The maximum atomic E-state index is 11.8. The van der Waals surface area contributed by atoms with Crippen molar-refractivity contribution in [3.63, 3.8) is 0 Å². The second kappa shape index (κ2) is 6.85. The van der Waals surface area contributed by atoms with Crippen LogP contribution in [0.5, 0.6) is 0 Å². The van der Waals surface area contributed by atoms with Gasteiger partial charge in [-0.05, 0) is 50.2 Å². The summed E-state index contributed by atoms with van der Waals surface area (Å²) in [7, 11) is 0. The average Bonchev–Trinajstić information content (AvgIpc) is 2.94. The van der Waals surface area contributed by atoms with Crippen LogP contribution in [-0.4, -0.2) is 23.5 Å². The van der Waals surface area contributed by atoms with Gasteiger partial charge in [0.1, 0.15) is 17.1 Å². The minimum Gasteiger partial charge on any atom is -0.463 e. The molecule has 1 atom stereocenters. The molecule has 1 unspecified atom stereocenters. The van der Waals surface area contributed by atoms with Crippen molar-refractivity contribution in [3.8, 4) is 0 Å². The van der Waals surface area contributed by atoms with Crippen molar-refractivity contribution >= 4 is 29.1 Å². The zero-order chi connectivity index (χ0) is 17.0. The molecule has 2 aromatic rings. The Balaban J connectivity index is 1.91. The Morgan fingerprint density at radius 1 is 1.17 bits per heavy atom. The Hall–Kier alpha value is -2.31. The predicted octanol–water partition coefficient (Wildman–Crippen LogP) is 2.20. The van der Waals surface area contributed by atoms with Crippen LogP contribution in [0.25, 0.3) is 0 Å². The summed E-state index contributed by atoms with van der Waals surface area (Å²) in [5.74, 6) is -0.734. The number of aryl methyl sites for hydroxylation is 1. The lowest BCUT2D eigenvalue weighted by Gasteiger charge is -2.21. The quantitative estimate of drug-likeness (QED) is 0.746. The molecule has 0 aliphatic rings. The highest BCUT2D eigenvalue weighted by molar-refractivity contribution is 6.39. The van der Waals surface area contributed by atoms with Crippen LogP contribution in [0.2, 0.25) is 5.02 Å². The molecule has 0 saturated carbocycles. The Bertz CT molecular complexity index is 707. The smallest absolute Gasteiger partial charge is 0.313 e. The molecule has 7 heteroatoms. The number of carbonyl (C=O) groups is 2. The Morgan fingerprint density at radius 2 is 1.83 bits per heavy atom. The second-order valence-corrected chi connectivity index (χ2v) is 5.76. The highest BCUT2D eigenvalue weighted by Crippen LogP contribution is 2.21. The highest BCUT2D eigenvalue weighted by Gasteiger charge is 2.28. The number of rotatable bonds is 4. The number of hydrogen-bond donors (Lipinski definition) is 3. The Kier molecular flexibility index (Phi) is 5.08. The predicted molar refractivity (Wildman–Crippen MR) is 86.1 cm³/mol. The van der Waals surface area contributed by atoms with E-state index in [1.54, 1.807) is 43.3 Å². The van der Waals surface area contributed by atoms with E-state index >= 15 is 0 Å². The lowest BCUT2D eigenvalue weighted by molar-refractivity contribution is -0.136. The number of halogens is 1. The zero-order valence-corrected chi connectivity index (χ0v) is 13.5. The van der Waals surface area contributed by atoms with E-state index in [0.717, 1.165) is 0 Å². The van der Waals surface area contributed by atoms with Gasteiger partial charge in [0.05, 0.1) is 6.54 Å². The fraction of sp³-hybridized carbons (Fsp3) is 0.250. The molecule has 23 heavy (non-hydrogen) atoms. The van der Waals surface area contributed by atoms with Crippen LogP contribution in [0.1, 0.15) is 18.4 Å². The first-order chi connectivity index (χ1) is 10.8. The molecule has 0 radical (unpaired) electrons. The molecule has 1 aromatic carbocycles. The Labute approximate surface area is 138 Å². The van der Waals surface area contributed by atoms with E-state index in [2.05, 4.69) is 10.6 Å². The minimum atomic E-state index is -1.41. The number of nitrogens with one attached hydrogen (secondary N) is 2. The average molecular weight is 337 g/mol. The molecule has 0 aliphatic heterocycles. The largest absolute Gasteiger partial charge is 0.463 e. The van der Waals surface area contributed by atoms with E-state index in [9.17, 15) is 14.7 Å². The SMILES string of the molecule is Cc1ccc(C(C)(O)CNC(=O)C(=O)Nc2ccc(Cl)cc2)o1. The summed E-state index contributed by atoms with van der Waals surface area (Å²) in [6.45, 7) is 3.08. The summed E-state index contributed by atoms with van der Waals surface area (Å²) in [6, 6.07) is 9.68. The topological polar surface area (TPSA) is 91.6 Å². The first-order valence-corrected chi connectivity index (χ1v) is 7.30. The first-order valence-electron chi connectivity index (χ1n) is 6.92. The molecule has 2 rings (SSSR count). The van der Waals surface area contributed by atoms with Gasteiger partial charge in [0.15, 0.2) is 0 Å². The third kappa shape index (κ3) is 4.58. The van der Waals surface area contributed by atoms with Crippen molar-refractivity contribution in [2.45, 2.75) is 19.4 Å². The van der Waals surface area contributed by atoms with E-state index in [1.165, 1.54) is 6.92 Å². The van der Waals surface area contributed by atoms with Crippen LogP contribution in [-0.2, 0) is 15.2 Å². The van der Waals surface area contributed by atoms with Crippen molar-refractivity contribution in [1.82, 2.24) is 5.32 Å². The maximum absolute atomic E-state index is 11.8. The third-order valence-corrected chi connectivity index (χ3v) is 3.42. The summed E-state index contributed by atoms with van der Waals surface area (Å²) in [5.41, 5.74) is -0.965. The van der Waals surface area contributed by atoms with Gasteiger partial charge < -0.3 is 20.2 Å². The van der Waals surface area contributed by atoms with Crippen LogP contribution in [0.3, 0.4) is 0 Å². The van der Waals surface area contributed by atoms with Crippen LogP contribution in [0.15, 0.2) is 40.8 Å². The fourth-order valence-corrected chi connectivity index (χ4v) is 1.99. The molecule has 0 saturated heterocycles. The highest BCUT2D eigenvalue weighted by atomic mass is 35.5. The molecule has 1 heterocycles. The van der Waals surface area contributed by atoms with Crippen molar-refractivity contribution < 1.29 is 19.1 Å². The number of amides is 2. The molecule has 0 spiro atoms. The lowest BCUT2D eigenvalue weighted by Crippen LogP contribution is -2.43. The number of hydrogen-bond acceptors (Lipinski definition) is 4. The molecule has 0 aliphatic carbocycles. The van der Waals surface area contributed by atoms with E-state index < -0.39 is 17.4 Å². The minimum absolute atomic E-state index is 0.160. The molecule has 2 amide bonds. The fourth-order valence-electron chi connectivity index (χ4n) is 1.86. The van der Waals surface area contributed by atoms with Gasteiger partial charge in [0.2, 0.25) is 0 Å². The summed E-state index contributed by atoms with van der Waals surface area (Å²) in [4.78, 5) is 23.6. The molecule has 3 N–H and O–H groups in total.